The Morgan fingerprint density at radius 2 is 1.87 bits per heavy atom. The SMILES string of the molecule is CC(C)CCNCCC(=O)N1CCC(Cc2ccccc2)CC1. The lowest BCUT2D eigenvalue weighted by Gasteiger charge is -2.32. The minimum atomic E-state index is 0.320. The number of carbonyl (C=O) groups is 1. The Hall–Kier alpha value is -1.35. The third-order valence-electron chi connectivity index (χ3n) is 4.75. The molecular formula is C20H32N2O. The van der Waals surface area contributed by atoms with Crippen LogP contribution in [0.3, 0.4) is 0 Å². The maximum Gasteiger partial charge on any atom is 0.223 e. The highest BCUT2D eigenvalue weighted by Gasteiger charge is 2.22. The Kier molecular flexibility index (Phi) is 7.60. The number of piperidine rings is 1. The summed E-state index contributed by atoms with van der Waals surface area (Å²) in [7, 11) is 0. The van der Waals surface area contributed by atoms with E-state index < -0.39 is 0 Å². The lowest BCUT2D eigenvalue weighted by molar-refractivity contribution is -0.132. The molecule has 1 aromatic rings. The Balaban J connectivity index is 1.61. The summed E-state index contributed by atoms with van der Waals surface area (Å²) in [5, 5.41) is 3.38. The van der Waals surface area contributed by atoms with Gasteiger partial charge in [0.2, 0.25) is 5.91 Å². The first-order chi connectivity index (χ1) is 11.1. The lowest BCUT2D eigenvalue weighted by atomic mass is 9.90. The molecule has 1 aromatic carbocycles. The first-order valence-corrected chi connectivity index (χ1v) is 9.17. The molecule has 23 heavy (non-hydrogen) atoms. The number of benzene rings is 1. The van der Waals surface area contributed by atoms with Gasteiger partial charge < -0.3 is 10.2 Å². The van der Waals surface area contributed by atoms with Crippen molar-refractivity contribution in [2.45, 2.75) is 46.0 Å². The number of hydrogen-bond donors (Lipinski definition) is 1. The van der Waals surface area contributed by atoms with E-state index >= 15 is 0 Å². The predicted octanol–water partition coefficient (Wildman–Crippen LogP) is 3.49. The Morgan fingerprint density at radius 3 is 2.52 bits per heavy atom. The van der Waals surface area contributed by atoms with Crippen molar-refractivity contribution in [2.75, 3.05) is 26.2 Å². The third kappa shape index (κ3) is 6.74. The number of likely N-dealkylation sites (tertiary alicyclic amines) is 1. The minimum Gasteiger partial charge on any atom is -0.343 e. The average Bonchev–Trinajstić information content (AvgIpc) is 2.56. The van der Waals surface area contributed by atoms with Gasteiger partial charge in [0.25, 0.3) is 0 Å². The fraction of sp³-hybridized carbons (Fsp3) is 0.650. The van der Waals surface area contributed by atoms with Crippen molar-refractivity contribution in [2.24, 2.45) is 11.8 Å². The zero-order valence-corrected chi connectivity index (χ0v) is 14.8. The van der Waals surface area contributed by atoms with Crippen LogP contribution in [0.4, 0.5) is 0 Å². The topological polar surface area (TPSA) is 32.3 Å². The maximum atomic E-state index is 12.2. The molecule has 0 unspecified atom stereocenters. The molecular weight excluding hydrogens is 284 g/mol. The highest BCUT2D eigenvalue weighted by atomic mass is 16.2. The quantitative estimate of drug-likeness (QED) is 0.745. The highest BCUT2D eigenvalue weighted by molar-refractivity contribution is 5.76. The molecule has 2 rings (SSSR count). The second-order valence-electron chi connectivity index (χ2n) is 7.20. The van der Waals surface area contributed by atoms with E-state index in [1.807, 2.05) is 0 Å². The molecule has 1 aliphatic rings. The smallest absolute Gasteiger partial charge is 0.223 e. The predicted molar refractivity (Wildman–Crippen MR) is 96.4 cm³/mol. The summed E-state index contributed by atoms with van der Waals surface area (Å²) in [6.45, 7) is 8.16. The van der Waals surface area contributed by atoms with Crippen LogP contribution in [0.5, 0.6) is 0 Å². The second kappa shape index (κ2) is 9.71. The van der Waals surface area contributed by atoms with Gasteiger partial charge in [0, 0.05) is 26.1 Å². The molecule has 0 atom stereocenters. The van der Waals surface area contributed by atoms with E-state index in [1.54, 1.807) is 0 Å². The first-order valence-electron chi connectivity index (χ1n) is 9.17. The largest absolute Gasteiger partial charge is 0.343 e. The molecule has 3 nitrogen and oxygen atoms in total. The molecule has 1 amide bonds. The van der Waals surface area contributed by atoms with Gasteiger partial charge in [0.15, 0.2) is 0 Å². The van der Waals surface area contributed by atoms with Crippen LogP contribution in [-0.4, -0.2) is 37.0 Å². The van der Waals surface area contributed by atoms with E-state index in [-0.39, 0.29) is 0 Å². The lowest BCUT2D eigenvalue weighted by Crippen LogP contribution is -2.40. The number of carbonyl (C=O) groups excluding carboxylic acids is 1. The van der Waals surface area contributed by atoms with Crippen molar-refractivity contribution >= 4 is 5.91 Å². The summed E-state index contributed by atoms with van der Waals surface area (Å²) in [6.07, 6.45) is 5.25. The van der Waals surface area contributed by atoms with Gasteiger partial charge in [-0.15, -0.1) is 0 Å². The van der Waals surface area contributed by atoms with Crippen LogP contribution in [0.2, 0.25) is 0 Å². The molecule has 1 heterocycles. The van der Waals surface area contributed by atoms with Crippen molar-refractivity contribution < 1.29 is 4.79 Å². The Morgan fingerprint density at radius 1 is 1.17 bits per heavy atom. The minimum absolute atomic E-state index is 0.320. The van der Waals surface area contributed by atoms with Crippen molar-refractivity contribution in [1.29, 1.82) is 0 Å². The molecule has 1 N–H and O–H groups in total. The normalized spacial score (nSPS) is 16.0. The highest BCUT2D eigenvalue weighted by Crippen LogP contribution is 2.21. The first kappa shape index (κ1) is 18.0. The van der Waals surface area contributed by atoms with E-state index in [2.05, 4.69) is 54.4 Å². The zero-order chi connectivity index (χ0) is 16.5. The molecule has 3 heteroatoms. The fourth-order valence-corrected chi connectivity index (χ4v) is 3.20. The van der Waals surface area contributed by atoms with Crippen LogP contribution in [0.25, 0.3) is 0 Å². The number of nitrogens with one attached hydrogen (secondary N) is 1. The molecule has 1 fully saturated rings. The monoisotopic (exact) mass is 316 g/mol. The van der Waals surface area contributed by atoms with E-state index in [1.165, 1.54) is 12.0 Å². The van der Waals surface area contributed by atoms with Gasteiger partial charge in [-0.1, -0.05) is 44.2 Å². The standard InChI is InChI=1S/C20H32N2O/c1-17(2)8-12-21-13-9-20(23)22-14-10-19(11-15-22)16-18-6-4-3-5-7-18/h3-7,17,19,21H,8-16H2,1-2H3. The van der Waals surface area contributed by atoms with E-state index in [9.17, 15) is 4.79 Å². The molecule has 0 bridgehead atoms. The van der Waals surface area contributed by atoms with Crippen molar-refractivity contribution in [3.8, 4) is 0 Å². The zero-order valence-electron chi connectivity index (χ0n) is 14.8. The van der Waals surface area contributed by atoms with Crippen LogP contribution >= 0.6 is 0 Å². The van der Waals surface area contributed by atoms with Crippen molar-refractivity contribution in [3.63, 3.8) is 0 Å². The van der Waals surface area contributed by atoms with Gasteiger partial charge in [-0.05, 0) is 49.6 Å². The van der Waals surface area contributed by atoms with Gasteiger partial charge in [0.05, 0.1) is 0 Å². The summed E-state index contributed by atoms with van der Waals surface area (Å²) >= 11 is 0. The summed E-state index contributed by atoms with van der Waals surface area (Å²) < 4.78 is 0. The van der Waals surface area contributed by atoms with Gasteiger partial charge in [-0.2, -0.15) is 0 Å². The number of nitrogens with zero attached hydrogens (tertiary/aromatic N) is 1. The van der Waals surface area contributed by atoms with Gasteiger partial charge in [-0.3, -0.25) is 4.79 Å². The maximum absolute atomic E-state index is 12.2. The molecule has 0 aliphatic carbocycles. The molecule has 128 valence electrons. The molecule has 0 radical (unpaired) electrons. The summed E-state index contributed by atoms with van der Waals surface area (Å²) in [5.41, 5.74) is 1.42. The Bertz CT molecular complexity index is 450. The van der Waals surface area contributed by atoms with Crippen LogP contribution < -0.4 is 5.32 Å². The molecule has 1 saturated heterocycles. The van der Waals surface area contributed by atoms with Crippen LogP contribution in [0, 0.1) is 11.8 Å². The summed E-state index contributed by atoms with van der Waals surface area (Å²) in [4.78, 5) is 14.3. The van der Waals surface area contributed by atoms with Crippen molar-refractivity contribution in [3.05, 3.63) is 35.9 Å². The second-order valence-corrected chi connectivity index (χ2v) is 7.20. The average molecular weight is 316 g/mol. The number of amides is 1. The molecule has 0 spiro atoms. The Labute approximate surface area is 141 Å². The number of hydrogen-bond acceptors (Lipinski definition) is 2. The fourth-order valence-electron chi connectivity index (χ4n) is 3.20. The molecule has 0 aromatic heterocycles. The molecule has 0 saturated carbocycles. The van der Waals surface area contributed by atoms with Crippen LogP contribution in [-0.2, 0) is 11.2 Å². The van der Waals surface area contributed by atoms with E-state index in [0.717, 1.165) is 57.3 Å². The summed E-state index contributed by atoms with van der Waals surface area (Å²) in [6, 6.07) is 10.7. The van der Waals surface area contributed by atoms with Gasteiger partial charge >= 0.3 is 0 Å². The van der Waals surface area contributed by atoms with Gasteiger partial charge in [-0.25, -0.2) is 0 Å². The number of rotatable bonds is 8. The summed E-state index contributed by atoms with van der Waals surface area (Å²) in [5.74, 6) is 1.77. The van der Waals surface area contributed by atoms with E-state index in [0.29, 0.717) is 12.3 Å². The van der Waals surface area contributed by atoms with E-state index in [4.69, 9.17) is 0 Å². The van der Waals surface area contributed by atoms with Crippen LogP contribution in [0.1, 0.15) is 45.1 Å². The van der Waals surface area contributed by atoms with Gasteiger partial charge in [0.1, 0.15) is 0 Å². The third-order valence-corrected chi connectivity index (χ3v) is 4.75. The van der Waals surface area contributed by atoms with Crippen LogP contribution in [0.15, 0.2) is 30.3 Å². The molecule has 1 aliphatic heterocycles. The van der Waals surface area contributed by atoms with Crippen molar-refractivity contribution in [1.82, 2.24) is 10.2 Å².